The molecule has 1 fully saturated rings. The average molecular weight is 463 g/mol. The Labute approximate surface area is 186 Å². The second-order valence-corrected chi connectivity index (χ2v) is 8.19. The molecule has 2 aromatic rings. The molecule has 0 radical (unpaired) electrons. The van der Waals surface area contributed by atoms with Crippen molar-refractivity contribution < 1.29 is 24.2 Å². The number of thioether (sulfide) groups is 1. The Morgan fingerprint density at radius 2 is 1.90 bits per heavy atom. The van der Waals surface area contributed by atoms with Crippen molar-refractivity contribution in [3.8, 4) is 5.75 Å². The number of hydrogen-bond donors (Lipinski definition) is 2. The summed E-state index contributed by atoms with van der Waals surface area (Å²) in [5.74, 6) is -1.69. The number of nitrogens with zero attached hydrogens (tertiary/aromatic N) is 1. The molecule has 2 N–H and O–H groups in total. The SMILES string of the molecule is CC(Oc1ccc(/C=C2/SC(=S)N(NC(=O)c3ccccc3Cl)C2=O)cc1)C(=O)O. The highest BCUT2D eigenvalue weighted by atomic mass is 35.5. The third-order valence-corrected chi connectivity index (χ3v) is 5.60. The summed E-state index contributed by atoms with van der Waals surface area (Å²) in [6, 6.07) is 13.0. The largest absolute Gasteiger partial charge is 0.479 e. The van der Waals surface area contributed by atoms with Gasteiger partial charge in [0.25, 0.3) is 11.8 Å². The van der Waals surface area contributed by atoms with Crippen molar-refractivity contribution in [1.29, 1.82) is 0 Å². The van der Waals surface area contributed by atoms with Gasteiger partial charge in [0.15, 0.2) is 10.4 Å². The molecule has 0 aliphatic carbocycles. The number of amides is 2. The van der Waals surface area contributed by atoms with Gasteiger partial charge in [0, 0.05) is 0 Å². The molecule has 1 unspecified atom stereocenters. The van der Waals surface area contributed by atoms with Crippen LogP contribution in [0.25, 0.3) is 6.08 Å². The number of carbonyl (C=O) groups is 3. The maximum absolute atomic E-state index is 12.7. The lowest BCUT2D eigenvalue weighted by Gasteiger charge is -2.16. The van der Waals surface area contributed by atoms with Crippen molar-refractivity contribution in [2.24, 2.45) is 0 Å². The van der Waals surface area contributed by atoms with E-state index in [1.165, 1.54) is 6.92 Å². The minimum absolute atomic E-state index is 0.182. The molecule has 0 aromatic heterocycles. The van der Waals surface area contributed by atoms with Gasteiger partial charge in [0.2, 0.25) is 0 Å². The van der Waals surface area contributed by atoms with Crippen LogP contribution in [-0.2, 0) is 9.59 Å². The lowest BCUT2D eigenvalue weighted by atomic mass is 10.2. The number of thiocarbonyl (C=S) groups is 1. The second-order valence-electron chi connectivity index (χ2n) is 6.11. The number of hydrazine groups is 1. The van der Waals surface area contributed by atoms with Gasteiger partial charge in [-0.25, -0.2) is 4.79 Å². The first-order chi connectivity index (χ1) is 14.3. The van der Waals surface area contributed by atoms with Gasteiger partial charge in [-0.2, -0.15) is 5.01 Å². The van der Waals surface area contributed by atoms with Crippen LogP contribution >= 0.6 is 35.6 Å². The number of benzene rings is 2. The van der Waals surface area contributed by atoms with Crippen molar-refractivity contribution in [3.05, 3.63) is 69.6 Å². The summed E-state index contributed by atoms with van der Waals surface area (Å²) >= 11 is 12.3. The minimum Gasteiger partial charge on any atom is -0.479 e. The van der Waals surface area contributed by atoms with E-state index in [4.69, 9.17) is 33.7 Å². The number of carboxylic acids is 1. The zero-order valence-corrected chi connectivity index (χ0v) is 17.9. The molecule has 7 nitrogen and oxygen atoms in total. The van der Waals surface area contributed by atoms with E-state index < -0.39 is 23.9 Å². The molecule has 1 heterocycles. The fraction of sp³-hybridized carbons (Fsp3) is 0.100. The normalized spacial score (nSPS) is 15.9. The molecular formula is C20H15ClN2O5S2. The topological polar surface area (TPSA) is 95.9 Å². The lowest BCUT2D eigenvalue weighted by molar-refractivity contribution is -0.144. The van der Waals surface area contributed by atoms with Crippen LogP contribution in [0.3, 0.4) is 0 Å². The van der Waals surface area contributed by atoms with E-state index >= 15 is 0 Å². The molecule has 1 saturated heterocycles. The van der Waals surface area contributed by atoms with Gasteiger partial charge in [-0.3, -0.25) is 15.0 Å². The Balaban J connectivity index is 1.71. The molecule has 3 rings (SSSR count). The average Bonchev–Trinajstić information content (AvgIpc) is 2.97. The maximum Gasteiger partial charge on any atom is 0.344 e. The van der Waals surface area contributed by atoms with E-state index in [1.807, 2.05) is 0 Å². The number of halogens is 1. The molecule has 1 aliphatic heterocycles. The van der Waals surface area contributed by atoms with Gasteiger partial charge in [-0.1, -0.05) is 47.6 Å². The minimum atomic E-state index is -1.07. The van der Waals surface area contributed by atoms with Gasteiger partial charge in [-0.15, -0.1) is 0 Å². The van der Waals surface area contributed by atoms with Crippen molar-refractivity contribution in [3.63, 3.8) is 0 Å². The number of hydrogen-bond acceptors (Lipinski definition) is 6. The predicted molar refractivity (Wildman–Crippen MR) is 118 cm³/mol. The van der Waals surface area contributed by atoms with Crippen LogP contribution in [0.5, 0.6) is 5.75 Å². The first kappa shape index (κ1) is 21.8. The van der Waals surface area contributed by atoms with Crippen LogP contribution in [0, 0.1) is 0 Å². The van der Waals surface area contributed by atoms with E-state index in [0.717, 1.165) is 16.8 Å². The van der Waals surface area contributed by atoms with Gasteiger partial charge in [0.1, 0.15) is 5.75 Å². The molecule has 0 spiro atoms. The highest BCUT2D eigenvalue weighted by molar-refractivity contribution is 8.26. The monoisotopic (exact) mass is 462 g/mol. The fourth-order valence-corrected chi connectivity index (χ4v) is 3.82. The van der Waals surface area contributed by atoms with Crippen LogP contribution in [0.4, 0.5) is 0 Å². The molecule has 0 saturated carbocycles. The van der Waals surface area contributed by atoms with Crippen molar-refractivity contribution in [1.82, 2.24) is 10.4 Å². The third-order valence-electron chi connectivity index (χ3n) is 3.96. The van der Waals surface area contributed by atoms with Crippen LogP contribution in [0.1, 0.15) is 22.8 Å². The standard InChI is InChI=1S/C20H15ClN2O5S2/c1-11(19(26)27)28-13-8-6-12(7-9-13)10-16-18(25)23(20(29)30-16)22-17(24)14-4-2-3-5-15(14)21/h2-11H,1H3,(H,22,24)(H,26,27)/b16-10+. The summed E-state index contributed by atoms with van der Waals surface area (Å²) in [5, 5.41) is 10.2. The van der Waals surface area contributed by atoms with Gasteiger partial charge >= 0.3 is 5.97 Å². The Hall–Kier alpha value is -2.88. The smallest absolute Gasteiger partial charge is 0.344 e. The zero-order valence-electron chi connectivity index (χ0n) is 15.5. The predicted octanol–water partition coefficient (Wildman–Crippen LogP) is 3.74. The van der Waals surface area contributed by atoms with Crippen molar-refractivity contribution >= 4 is 63.8 Å². The number of nitrogens with one attached hydrogen (secondary N) is 1. The molecule has 30 heavy (non-hydrogen) atoms. The summed E-state index contributed by atoms with van der Waals surface area (Å²) in [7, 11) is 0. The van der Waals surface area contributed by atoms with Gasteiger partial charge in [0.05, 0.1) is 15.5 Å². The maximum atomic E-state index is 12.7. The van der Waals surface area contributed by atoms with Gasteiger partial charge < -0.3 is 9.84 Å². The Morgan fingerprint density at radius 3 is 2.53 bits per heavy atom. The molecule has 2 aromatic carbocycles. The fourth-order valence-electron chi connectivity index (χ4n) is 2.42. The van der Waals surface area contributed by atoms with E-state index in [1.54, 1.807) is 54.6 Å². The van der Waals surface area contributed by atoms with Crippen molar-refractivity contribution in [2.75, 3.05) is 0 Å². The third kappa shape index (κ3) is 4.99. The van der Waals surface area contributed by atoms with Crippen LogP contribution in [0.15, 0.2) is 53.4 Å². The molecule has 154 valence electrons. The highest BCUT2D eigenvalue weighted by Gasteiger charge is 2.34. The number of ether oxygens (including phenoxy) is 1. The summed E-state index contributed by atoms with van der Waals surface area (Å²) in [4.78, 5) is 36.3. The lowest BCUT2D eigenvalue weighted by Crippen LogP contribution is -2.44. The zero-order chi connectivity index (χ0) is 21.8. The summed E-state index contributed by atoms with van der Waals surface area (Å²) in [6.45, 7) is 1.43. The highest BCUT2D eigenvalue weighted by Crippen LogP contribution is 2.32. The van der Waals surface area contributed by atoms with Crippen LogP contribution in [-0.4, -0.2) is 38.3 Å². The number of carboxylic acid groups (broad SMARTS) is 1. The van der Waals surface area contributed by atoms with E-state index in [-0.39, 0.29) is 14.9 Å². The summed E-state index contributed by atoms with van der Waals surface area (Å²) < 4.78 is 5.45. The Morgan fingerprint density at radius 1 is 1.23 bits per heavy atom. The number of carbonyl (C=O) groups excluding carboxylic acids is 2. The molecule has 1 atom stereocenters. The van der Waals surface area contributed by atoms with E-state index in [9.17, 15) is 14.4 Å². The van der Waals surface area contributed by atoms with Gasteiger partial charge in [-0.05, 0) is 55.0 Å². The number of aliphatic carboxylic acids is 1. The Bertz CT molecular complexity index is 1060. The first-order valence-electron chi connectivity index (χ1n) is 8.59. The summed E-state index contributed by atoms with van der Waals surface area (Å²) in [6.07, 6.45) is 0.638. The van der Waals surface area contributed by atoms with Crippen LogP contribution in [0.2, 0.25) is 5.02 Å². The molecular weight excluding hydrogens is 448 g/mol. The molecule has 0 bridgehead atoms. The Kier molecular flexibility index (Phi) is 6.76. The molecule has 1 aliphatic rings. The van der Waals surface area contributed by atoms with E-state index in [2.05, 4.69) is 5.43 Å². The number of rotatable bonds is 6. The van der Waals surface area contributed by atoms with E-state index in [0.29, 0.717) is 16.2 Å². The molecule has 10 heteroatoms. The second kappa shape index (κ2) is 9.29. The first-order valence-corrected chi connectivity index (χ1v) is 10.2. The molecule has 2 amide bonds. The quantitative estimate of drug-likeness (QED) is 0.498. The summed E-state index contributed by atoms with van der Waals surface area (Å²) in [5.41, 5.74) is 3.38. The van der Waals surface area contributed by atoms with Crippen molar-refractivity contribution in [2.45, 2.75) is 13.0 Å². The van der Waals surface area contributed by atoms with Crippen LogP contribution < -0.4 is 10.2 Å².